The van der Waals surface area contributed by atoms with Crippen molar-refractivity contribution in [1.29, 1.82) is 0 Å². The predicted molar refractivity (Wildman–Crippen MR) is 59.2 cm³/mol. The highest BCUT2D eigenvalue weighted by Crippen LogP contribution is 2.20. The van der Waals surface area contributed by atoms with E-state index < -0.39 is 0 Å². The summed E-state index contributed by atoms with van der Waals surface area (Å²) in [4.78, 5) is 11.5. The minimum absolute atomic E-state index is 0.0591. The molecule has 0 fully saturated rings. The average molecular weight is 260 g/mol. The zero-order valence-electron chi connectivity index (χ0n) is 7.26. The van der Waals surface area contributed by atoms with Gasteiger partial charge in [-0.1, -0.05) is 12.2 Å². The number of rotatable bonds is 3. The molecule has 0 unspecified atom stereocenters. The smallest absolute Gasteiger partial charge is 0.253 e. The van der Waals surface area contributed by atoms with Crippen molar-refractivity contribution < 1.29 is 4.79 Å². The number of amides is 1. The number of thiophene rings is 1. The Labute approximate surface area is 89.8 Å². The predicted octanol–water partition coefficient (Wildman–Crippen LogP) is 2.82. The summed E-state index contributed by atoms with van der Waals surface area (Å²) in [6.45, 7) is 6.11. The van der Waals surface area contributed by atoms with Crippen LogP contribution in [-0.2, 0) is 0 Å². The molecule has 1 rings (SSSR count). The van der Waals surface area contributed by atoms with Crippen molar-refractivity contribution in [3.8, 4) is 0 Å². The normalized spacial score (nSPS) is 9.69. The number of nitrogens with one attached hydrogen (secondary N) is 1. The third-order valence-corrected chi connectivity index (χ3v) is 3.11. The monoisotopic (exact) mass is 259 g/mol. The largest absolute Gasteiger partial charge is 0.348 e. The molecule has 1 amide bonds. The minimum Gasteiger partial charge on any atom is -0.348 e. The van der Waals surface area contributed by atoms with Crippen molar-refractivity contribution in [2.45, 2.75) is 6.92 Å². The number of carbonyl (C=O) groups is 1. The van der Waals surface area contributed by atoms with E-state index in [0.29, 0.717) is 12.1 Å². The summed E-state index contributed by atoms with van der Waals surface area (Å²) in [5.41, 5.74) is 1.63. The summed E-state index contributed by atoms with van der Waals surface area (Å²) >= 11 is 4.80. The van der Waals surface area contributed by atoms with Gasteiger partial charge in [0.25, 0.3) is 5.91 Å². The van der Waals surface area contributed by atoms with E-state index in [1.54, 1.807) is 0 Å². The van der Waals surface area contributed by atoms with E-state index in [4.69, 9.17) is 0 Å². The number of halogens is 1. The van der Waals surface area contributed by atoms with E-state index in [2.05, 4.69) is 27.8 Å². The van der Waals surface area contributed by atoms with Gasteiger partial charge in [0.1, 0.15) is 0 Å². The van der Waals surface area contributed by atoms with E-state index in [-0.39, 0.29) is 5.91 Å². The summed E-state index contributed by atoms with van der Waals surface area (Å²) < 4.78 is 0.844. The molecule has 2 nitrogen and oxygen atoms in total. The van der Waals surface area contributed by atoms with Crippen LogP contribution in [0.1, 0.15) is 17.3 Å². The zero-order chi connectivity index (χ0) is 9.84. The first-order chi connectivity index (χ1) is 6.11. The van der Waals surface area contributed by atoms with E-state index in [1.807, 2.05) is 17.7 Å². The van der Waals surface area contributed by atoms with E-state index in [0.717, 1.165) is 10.0 Å². The second-order valence-electron chi connectivity index (χ2n) is 2.77. The van der Waals surface area contributed by atoms with Crippen LogP contribution in [0.25, 0.3) is 0 Å². The van der Waals surface area contributed by atoms with Crippen molar-refractivity contribution in [3.05, 3.63) is 32.9 Å². The second-order valence-corrected chi connectivity index (χ2v) is 4.37. The van der Waals surface area contributed by atoms with E-state index >= 15 is 0 Å². The number of hydrogen-bond donors (Lipinski definition) is 1. The lowest BCUT2D eigenvalue weighted by Crippen LogP contribution is -2.24. The molecule has 4 heteroatoms. The van der Waals surface area contributed by atoms with E-state index in [9.17, 15) is 4.79 Å². The molecule has 1 N–H and O–H groups in total. The molecule has 0 aliphatic carbocycles. The Kier molecular flexibility index (Phi) is 3.69. The molecule has 1 aromatic heterocycles. The van der Waals surface area contributed by atoms with Gasteiger partial charge in [-0.2, -0.15) is 11.3 Å². The Hall–Kier alpha value is -0.610. The molecule has 1 aromatic rings. The topological polar surface area (TPSA) is 29.1 Å². The lowest BCUT2D eigenvalue weighted by atomic mass is 10.3. The van der Waals surface area contributed by atoms with Crippen LogP contribution in [0, 0.1) is 0 Å². The summed E-state index contributed by atoms with van der Waals surface area (Å²) in [7, 11) is 0. The number of hydrogen-bond acceptors (Lipinski definition) is 2. The lowest BCUT2D eigenvalue weighted by molar-refractivity contribution is 0.0957. The maximum Gasteiger partial charge on any atom is 0.253 e. The van der Waals surface area contributed by atoms with Crippen molar-refractivity contribution in [3.63, 3.8) is 0 Å². The van der Waals surface area contributed by atoms with Crippen LogP contribution in [-0.4, -0.2) is 12.5 Å². The van der Waals surface area contributed by atoms with Gasteiger partial charge in [0, 0.05) is 21.8 Å². The van der Waals surface area contributed by atoms with Gasteiger partial charge in [-0.15, -0.1) is 0 Å². The zero-order valence-corrected chi connectivity index (χ0v) is 9.67. The SMILES string of the molecule is C=C(C)CNC(=O)c1cscc1Br. The molecule has 0 aromatic carbocycles. The molecule has 0 aliphatic rings. The fourth-order valence-electron chi connectivity index (χ4n) is 0.770. The third kappa shape index (κ3) is 2.97. The lowest BCUT2D eigenvalue weighted by Gasteiger charge is -2.02. The van der Waals surface area contributed by atoms with Crippen molar-refractivity contribution in [2.75, 3.05) is 6.54 Å². The molecule has 0 aliphatic heterocycles. The summed E-state index contributed by atoms with van der Waals surface area (Å²) in [5, 5.41) is 6.47. The average Bonchev–Trinajstić information content (AvgIpc) is 2.47. The summed E-state index contributed by atoms with van der Waals surface area (Å²) in [6.07, 6.45) is 0. The molecular weight excluding hydrogens is 250 g/mol. The van der Waals surface area contributed by atoms with Gasteiger partial charge in [-0.3, -0.25) is 4.79 Å². The van der Waals surface area contributed by atoms with Crippen LogP contribution in [0.4, 0.5) is 0 Å². The fourth-order valence-corrected chi connectivity index (χ4v) is 2.22. The Balaban J connectivity index is 2.59. The van der Waals surface area contributed by atoms with Gasteiger partial charge < -0.3 is 5.32 Å². The standard InChI is InChI=1S/C9H10BrNOS/c1-6(2)3-11-9(12)7-4-13-5-8(7)10/h4-5H,1,3H2,2H3,(H,11,12). The molecule has 0 spiro atoms. The van der Waals surface area contributed by atoms with E-state index in [1.165, 1.54) is 11.3 Å². The van der Waals surface area contributed by atoms with Crippen LogP contribution >= 0.6 is 27.3 Å². The van der Waals surface area contributed by atoms with Gasteiger partial charge in [-0.05, 0) is 22.9 Å². The quantitative estimate of drug-likeness (QED) is 0.832. The molecule has 13 heavy (non-hydrogen) atoms. The van der Waals surface area contributed by atoms with Crippen LogP contribution in [0.3, 0.4) is 0 Å². The fraction of sp³-hybridized carbons (Fsp3) is 0.222. The highest BCUT2D eigenvalue weighted by atomic mass is 79.9. The van der Waals surface area contributed by atoms with Gasteiger partial charge in [0.15, 0.2) is 0 Å². The van der Waals surface area contributed by atoms with Crippen molar-refractivity contribution >= 4 is 33.2 Å². The van der Waals surface area contributed by atoms with Crippen molar-refractivity contribution in [1.82, 2.24) is 5.32 Å². The highest BCUT2D eigenvalue weighted by molar-refractivity contribution is 9.10. The first kappa shape index (κ1) is 10.5. The van der Waals surface area contributed by atoms with Crippen LogP contribution in [0.5, 0.6) is 0 Å². The second kappa shape index (κ2) is 4.58. The first-order valence-corrected chi connectivity index (χ1v) is 5.49. The molecule has 0 saturated carbocycles. The minimum atomic E-state index is -0.0591. The highest BCUT2D eigenvalue weighted by Gasteiger charge is 2.09. The van der Waals surface area contributed by atoms with Crippen LogP contribution < -0.4 is 5.32 Å². The van der Waals surface area contributed by atoms with Gasteiger partial charge in [0.2, 0.25) is 0 Å². The summed E-state index contributed by atoms with van der Waals surface area (Å²) in [6, 6.07) is 0. The summed E-state index contributed by atoms with van der Waals surface area (Å²) in [5.74, 6) is -0.0591. The molecule has 0 radical (unpaired) electrons. The Morgan fingerprint density at radius 1 is 1.69 bits per heavy atom. The van der Waals surface area contributed by atoms with Gasteiger partial charge >= 0.3 is 0 Å². The Morgan fingerprint density at radius 2 is 2.38 bits per heavy atom. The van der Waals surface area contributed by atoms with Crippen LogP contribution in [0.15, 0.2) is 27.4 Å². The third-order valence-electron chi connectivity index (χ3n) is 1.41. The Bertz CT molecular complexity index is 332. The Morgan fingerprint density at radius 3 is 2.85 bits per heavy atom. The number of carbonyl (C=O) groups excluding carboxylic acids is 1. The van der Waals surface area contributed by atoms with Gasteiger partial charge in [0.05, 0.1) is 5.56 Å². The molecule has 0 saturated heterocycles. The molecular formula is C9H10BrNOS. The maximum absolute atomic E-state index is 11.5. The van der Waals surface area contributed by atoms with Crippen molar-refractivity contribution in [2.24, 2.45) is 0 Å². The maximum atomic E-state index is 11.5. The first-order valence-electron chi connectivity index (χ1n) is 3.75. The molecule has 0 atom stereocenters. The van der Waals surface area contributed by atoms with Gasteiger partial charge in [-0.25, -0.2) is 0 Å². The molecule has 70 valence electrons. The molecule has 0 bridgehead atoms. The molecule has 1 heterocycles. The van der Waals surface area contributed by atoms with Crippen LogP contribution in [0.2, 0.25) is 0 Å².